The van der Waals surface area contributed by atoms with Crippen molar-refractivity contribution in [1.29, 1.82) is 0 Å². The van der Waals surface area contributed by atoms with Crippen LogP contribution in [0.25, 0.3) is 0 Å². The molecule has 0 saturated heterocycles. The molecule has 0 aliphatic carbocycles. The molecular weight excluding hydrogens is 988 g/mol. The first-order valence-corrected chi connectivity index (χ1v) is 32.5. The summed E-state index contributed by atoms with van der Waals surface area (Å²) in [6.45, 7) is 6.53. The molecule has 0 spiro atoms. The summed E-state index contributed by atoms with van der Waals surface area (Å²) in [7, 11) is 1.11. The van der Waals surface area contributed by atoms with Gasteiger partial charge >= 0.3 is 5.97 Å². The van der Waals surface area contributed by atoms with Crippen LogP contribution in [0.2, 0.25) is 0 Å². The molecule has 0 radical (unpaired) electrons. The van der Waals surface area contributed by atoms with E-state index in [2.05, 4.69) is 135 Å². The van der Waals surface area contributed by atoms with E-state index < -0.39 is 26.6 Å². The molecule has 0 aliphatic rings. The van der Waals surface area contributed by atoms with Gasteiger partial charge in [0, 0.05) is 12.8 Å². The van der Waals surface area contributed by atoms with E-state index in [9.17, 15) is 19.0 Å². The van der Waals surface area contributed by atoms with E-state index in [0.29, 0.717) is 23.9 Å². The molecule has 3 unspecified atom stereocenters. The number of ether oxygens (including phenoxy) is 1. The summed E-state index contributed by atoms with van der Waals surface area (Å²) in [6, 6.07) is -0.942. The van der Waals surface area contributed by atoms with Crippen LogP contribution in [0.15, 0.2) is 134 Å². The van der Waals surface area contributed by atoms with Gasteiger partial charge in [0.1, 0.15) is 19.3 Å². The van der Waals surface area contributed by atoms with Crippen molar-refractivity contribution in [3.8, 4) is 0 Å². The number of nitrogens with zero attached hydrogens (tertiary/aromatic N) is 1. The summed E-state index contributed by atoms with van der Waals surface area (Å²) < 4.78 is 30.3. The van der Waals surface area contributed by atoms with Crippen molar-refractivity contribution in [2.24, 2.45) is 0 Å². The molecule has 0 rings (SSSR count). The number of hydrogen-bond acceptors (Lipinski definition) is 7. The van der Waals surface area contributed by atoms with E-state index in [-0.39, 0.29) is 31.3 Å². The minimum Gasteiger partial charge on any atom is -0.756 e. The van der Waals surface area contributed by atoms with Crippen LogP contribution in [-0.4, -0.2) is 69.4 Å². The van der Waals surface area contributed by atoms with Crippen LogP contribution in [-0.2, 0) is 27.9 Å². The Hall–Kier alpha value is -3.85. The van der Waals surface area contributed by atoms with Crippen LogP contribution in [0, 0.1) is 0 Å². The second-order valence-corrected chi connectivity index (χ2v) is 22.9. The second kappa shape index (κ2) is 56.4. The summed E-state index contributed by atoms with van der Waals surface area (Å²) in [5, 5.41) is 2.97. The van der Waals surface area contributed by atoms with Crippen molar-refractivity contribution in [3.05, 3.63) is 134 Å². The van der Waals surface area contributed by atoms with Gasteiger partial charge in [0.2, 0.25) is 5.91 Å². The van der Waals surface area contributed by atoms with Crippen molar-refractivity contribution in [3.63, 3.8) is 0 Å². The number of phosphoric ester groups is 1. The fourth-order valence-corrected chi connectivity index (χ4v) is 8.85. The predicted molar refractivity (Wildman–Crippen MR) is 334 cm³/mol. The predicted octanol–water partition coefficient (Wildman–Crippen LogP) is 18.6. The monoisotopic (exact) mass is 1100 g/mol. The molecular formula is C68H115N2O7P. The van der Waals surface area contributed by atoms with E-state index in [4.69, 9.17) is 13.8 Å². The third kappa shape index (κ3) is 56.9. The van der Waals surface area contributed by atoms with Gasteiger partial charge in [-0.15, -0.1) is 0 Å². The van der Waals surface area contributed by atoms with Gasteiger partial charge in [-0.1, -0.05) is 245 Å². The number of carbonyl (C=O) groups is 2. The summed E-state index contributed by atoms with van der Waals surface area (Å²) in [4.78, 5) is 40.0. The number of likely N-dealkylation sites (N-methyl/N-ethyl adjacent to an activating group) is 1. The van der Waals surface area contributed by atoms with Gasteiger partial charge < -0.3 is 28.5 Å². The summed E-state index contributed by atoms with van der Waals surface area (Å²) >= 11 is 0. The number of amides is 1. The molecule has 10 heteroatoms. The van der Waals surface area contributed by atoms with Gasteiger partial charge in [-0.3, -0.25) is 14.2 Å². The van der Waals surface area contributed by atoms with Crippen molar-refractivity contribution in [2.75, 3.05) is 40.9 Å². The van der Waals surface area contributed by atoms with Gasteiger partial charge in [0.15, 0.2) is 0 Å². The number of phosphoric acid groups is 1. The maximum Gasteiger partial charge on any atom is 0.306 e. The summed E-state index contributed by atoms with van der Waals surface area (Å²) in [6.07, 6.45) is 80.1. The number of nitrogens with one attached hydrogen (secondary N) is 1. The third-order valence-corrected chi connectivity index (χ3v) is 13.8. The molecule has 0 heterocycles. The molecule has 0 aromatic rings. The zero-order chi connectivity index (χ0) is 57.2. The first-order valence-electron chi connectivity index (χ1n) is 31.0. The Labute approximate surface area is 479 Å². The smallest absolute Gasteiger partial charge is 0.306 e. The molecule has 1 amide bonds. The first-order chi connectivity index (χ1) is 37.9. The van der Waals surface area contributed by atoms with Gasteiger partial charge in [-0.25, -0.2) is 0 Å². The van der Waals surface area contributed by atoms with E-state index in [0.717, 1.165) is 109 Å². The molecule has 0 bridgehead atoms. The fourth-order valence-electron chi connectivity index (χ4n) is 8.12. The van der Waals surface area contributed by atoms with Gasteiger partial charge in [0.25, 0.3) is 7.82 Å². The lowest BCUT2D eigenvalue weighted by atomic mass is 10.0. The lowest BCUT2D eigenvalue weighted by Crippen LogP contribution is -2.47. The van der Waals surface area contributed by atoms with Gasteiger partial charge in [-0.05, 0) is 109 Å². The van der Waals surface area contributed by atoms with Gasteiger partial charge in [-0.2, -0.15) is 0 Å². The Bertz CT molecular complexity index is 1800. The summed E-state index contributed by atoms with van der Waals surface area (Å²) in [5.41, 5.74) is 0. The van der Waals surface area contributed by atoms with Crippen LogP contribution >= 0.6 is 7.82 Å². The highest BCUT2D eigenvalue weighted by Gasteiger charge is 2.27. The molecule has 0 aromatic heterocycles. The number of hydrogen-bond donors (Lipinski definition) is 1. The quantitative estimate of drug-likeness (QED) is 0.0212. The standard InChI is InChI=1S/C68H115N2O7P/c1-7-10-13-16-19-22-25-28-30-32-33-34-35-36-37-38-40-43-46-49-52-55-58-61-68(72)77-66(59-56-53-50-47-44-41-27-24-21-18-15-12-9-3)65(64-76-78(73,74)75-63-62-70(4,5)6)69-67(71)60-57-54-51-48-45-42-39-31-29-26-23-20-17-14-11-8-2/h10-11,13-14,19-20,22-23,28-31,33-34,36-37,42,45,51,54,56,59,65-66H,7-9,12,15-18,21,24-27,32,35,38-41,43-44,46-50,52-53,55,57-58,60-64H2,1-6H3,(H-,69,71,73,74)/b13-10-,14-11+,22-19-,23-20+,30-28-,31-29+,34-33-,37-36-,45-42+,54-51+,59-56-. The molecule has 78 heavy (non-hydrogen) atoms. The van der Waals surface area contributed by atoms with Gasteiger partial charge in [0.05, 0.1) is 33.8 Å². The SMILES string of the molecule is CC/C=C\C/C=C\C/C=C\C/C=C\C/C=C\CCCCCCCCCC(=O)OC(/C=C\CCCCCCCCCCCCC)C(COP(=O)([O-])OCC[N+](C)(C)C)NC(=O)CC/C=C/C/C=C/C/C=C/C/C=C/C/C=C/CC. The summed E-state index contributed by atoms with van der Waals surface area (Å²) in [5.74, 6) is -0.660. The van der Waals surface area contributed by atoms with Crippen LogP contribution in [0.4, 0.5) is 0 Å². The van der Waals surface area contributed by atoms with Crippen LogP contribution in [0.1, 0.15) is 233 Å². The largest absolute Gasteiger partial charge is 0.756 e. The molecule has 0 fully saturated rings. The third-order valence-electron chi connectivity index (χ3n) is 12.8. The van der Waals surface area contributed by atoms with E-state index in [1.807, 2.05) is 39.4 Å². The topological polar surface area (TPSA) is 114 Å². The maximum absolute atomic E-state index is 13.5. The van der Waals surface area contributed by atoms with Crippen LogP contribution < -0.4 is 10.2 Å². The zero-order valence-electron chi connectivity index (χ0n) is 50.6. The number of allylic oxidation sites excluding steroid dienone is 21. The average Bonchev–Trinajstić information content (AvgIpc) is 3.40. The molecule has 0 saturated carbocycles. The molecule has 3 atom stereocenters. The lowest BCUT2D eigenvalue weighted by Gasteiger charge is -2.30. The number of quaternary nitrogens is 1. The van der Waals surface area contributed by atoms with Crippen LogP contribution in [0.5, 0.6) is 0 Å². The molecule has 0 aliphatic heterocycles. The highest BCUT2D eigenvalue weighted by Crippen LogP contribution is 2.38. The molecule has 1 N–H and O–H groups in total. The minimum atomic E-state index is -4.73. The van der Waals surface area contributed by atoms with E-state index in [1.54, 1.807) is 6.08 Å². The lowest BCUT2D eigenvalue weighted by molar-refractivity contribution is -0.870. The van der Waals surface area contributed by atoms with Crippen molar-refractivity contribution in [2.45, 2.75) is 245 Å². The Morgan fingerprint density at radius 1 is 0.462 bits per heavy atom. The van der Waals surface area contributed by atoms with Crippen molar-refractivity contribution in [1.82, 2.24) is 5.32 Å². The van der Waals surface area contributed by atoms with Crippen molar-refractivity contribution < 1.29 is 37.3 Å². The minimum absolute atomic E-state index is 0.0447. The zero-order valence-corrected chi connectivity index (χ0v) is 51.5. The maximum atomic E-state index is 13.5. The van der Waals surface area contributed by atoms with Crippen LogP contribution in [0.3, 0.4) is 0 Å². The molecule has 444 valence electrons. The number of rotatable bonds is 54. The Morgan fingerprint density at radius 2 is 0.833 bits per heavy atom. The highest BCUT2D eigenvalue weighted by molar-refractivity contribution is 7.45. The first kappa shape index (κ1) is 74.2. The highest BCUT2D eigenvalue weighted by atomic mass is 31.2. The van der Waals surface area contributed by atoms with Crippen molar-refractivity contribution >= 4 is 19.7 Å². The Balaban J connectivity index is 5.38. The Morgan fingerprint density at radius 3 is 1.26 bits per heavy atom. The fraction of sp³-hybridized carbons (Fsp3) is 0.647. The molecule has 0 aromatic carbocycles. The number of esters is 1. The normalized spacial score (nSPS) is 14.6. The number of unbranched alkanes of at least 4 members (excludes halogenated alkanes) is 18. The Kier molecular flexibility index (Phi) is 53.6. The molecule has 9 nitrogen and oxygen atoms in total. The van der Waals surface area contributed by atoms with E-state index >= 15 is 0 Å². The second-order valence-electron chi connectivity index (χ2n) is 21.4. The van der Waals surface area contributed by atoms with E-state index in [1.165, 1.54) is 77.0 Å². The number of carbonyl (C=O) groups excluding carboxylic acids is 2. The average molecular weight is 1100 g/mol.